The molecule has 39 heavy (non-hydrogen) atoms. The summed E-state index contributed by atoms with van der Waals surface area (Å²) in [7, 11) is 0.626. The highest BCUT2D eigenvalue weighted by molar-refractivity contribution is 6.90. The molecule has 2 heterocycles. The first kappa shape index (κ1) is 26.1. The molecule has 0 spiro atoms. The number of ether oxygens (including phenoxy) is 1. The summed E-state index contributed by atoms with van der Waals surface area (Å²) < 4.78 is 9.44. The fraction of sp³-hybridized carbons (Fsp3) is 0.361. The highest BCUT2D eigenvalue weighted by Gasteiger charge is 2.35. The van der Waals surface area contributed by atoms with Gasteiger partial charge in [0, 0.05) is 17.0 Å². The quantitative estimate of drug-likeness (QED) is 0.126. The lowest BCUT2D eigenvalue weighted by Crippen LogP contribution is -2.38. The van der Waals surface area contributed by atoms with E-state index in [9.17, 15) is 0 Å². The van der Waals surface area contributed by atoms with Gasteiger partial charge >= 0.3 is 0 Å². The van der Waals surface area contributed by atoms with Crippen molar-refractivity contribution in [1.29, 1.82) is 0 Å². The molecule has 200 valence electrons. The Labute approximate surface area is 234 Å². The maximum absolute atomic E-state index is 7.13. The van der Waals surface area contributed by atoms with Gasteiger partial charge in [0.15, 0.2) is 6.20 Å². The summed E-state index contributed by atoms with van der Waals surface area (Å²) >= 11 is 0. The van der Waals surface area contributed by atoms with Crippen molar-refractivity contribution in [3.63, 3.8) is 0 Å². The van der Waals surface area contributed by atoms with Crippen LogP contribution in [0.4, 0.5) is 0 Å². The van der Waals surface area contributed by atoms with E-state index < -0.39 is 8.07 Å². The van der Waals surface area contributed by atoms with Crippen LogP contribution in [0, 0.1) is 12.3 Å². The molecule has 0 saturated carbocycles. The highest BCUT2D eigenvalue weighted by Crippen LogP contribution is 2.52. The van der Waals surface area contributed by atoms with Crippen LogP contribution in [0.2, 0.25) is 19.6 Å². The number of hydrogen-bond donors (Lipinski definition) is 0. The highest BCUT2D eigenvalue weighted by atomic mass is 28.3. The molecule has 0 unspecified atom stereocenters. The summed E-state index contributed by atoms with van der Waals surface area (Å²) in [5.41, 5.74) is 6.67. The van der Waals surface area contributed by atoms with E-state index in [-0.39, 0.29) is 5.41 Å². The third-order valence-electron chi connectivity index (χ3n) is 8.52. The van der Waals surface area contributed by atoms with Gasteiger partial charge in [-0.1, -0.05) is 95.8 Å². The van der Waals surface area contributed by atoms with Crippen LogP contribution < -0.4 is 14.5 Å². The summed E-state index contributed by atoms with van der Waals surface area (Å²) in [6.07, 6.45) is 3.20. The molecule has 0 aliphatic carbocycles. The maximum atomic E-state index is 7.13. The Bertz CT molecular complexity index is 1820. The van der Waals surface area contributed by atoms with E-state index in [1.807, 2.05) is 0 Å². The number of aryl methyl sites for hydroxylation is 2. The van der Waals surface area contributed by atoms with Gasteiger partial charge < -0.3 is 4.74 Å². The van der Waals surface area contributed by atoms with Crippen molar-refractivity contribution in [1.82, 2.24) is 0 Å². The summed E-state index contributed by atoms with van der Waals surface area (Å²) in [4.78, 5) is 0. The van der Waals surface area contributed by atoms with E-state index in [1.165, 1.54) is 65.5 Å². The van der Waals surface area contributed by atoms with Crippen LogP contribution in [-0.2, 0) is 13.5 Å². The summed E-state index contributed by atoms with van der Waals surface area (Å²) in [5.74, 6) is 2.53. The van der Waals surface area contributed by atoms with Gasteiger partial charge in [0.1, 0.15) is 18.5 Å². The molecule has 5 aromatic rings. The molecule has 0 fully saturated rings. The Balaban J connectivity index is 1.80. The van der Waals surface area contributed by atoms with Gasteiger partial charge in [-0.05, 0) is 63.4 Å². The van der Waals surface area contributed by atoms with E-state index in [0.29, 0.717) is 5.92 Å². The number of nitrogens with zero attached hydrogens (tertiary/aromatic N) is 1. The molecule has 6 rings (SSSR count). The number of rotatable bonds is 3. The lowest BCUT2D eigenvalue weighted by molar-refractivity contribution is -0.659. The number of aromatic nitrogens is 1. The first-order valence-electron chi connectivity index (χ1n) is 14.4. The zero-order valence-electron chi connectivity index (χ0n) is 25.3. The monoisotopic (exact) mass is 532 g/mol. The SMILES string of the molecule is Cc1c2c(c(CC(C)(C)C)c3ccc(C(C)C)cc13)Oc1cc3c([Si](C)(C)C)cccc3c3cc[n+](C)c-2c13. The van der Waals surface area contributed by atoms with Crippen LogP contribution in [0.5, 0.6) is 11.5 Å². The van der Waals surface area contributed by atoms with Crippen LogP contribution in [-0.4, -0.2) is 8.07 Å². The van der Waals surface area contributed by atoms with Crippen molar-refractivity contribution in [2.45, 2.75) is 73.5 Å². The average Bonchev–Trinajstić information content (AvgIpc) is 2.85. The predicted molar refractivity (Wildman–Crippen MR) is 171 cm³/mol. The number of fused-ring (bicyclic) bond motifs is 5. The fourth-order valence-electron chi connectivity index (χ4n) is 6.60. The molecule has 3 heteroatoms. The Hall–Kier alpha value is -3.17. The maximum Gasteiger partial charge on any atom is 0.228 e. The molecule has 2 nitrogen and oxygen atoms in total. The first-order chi connectivity index (χ1) is 18.3. The normalized spacial score (nSPS) is 13.4. The largest absolute Gasteiger partial charge is 0.455 e. The predicted octanol–water partition coefficient (Wildman–Crippen LogP) is 9.31. The van der Waals surface area contributed by atoms with Crippen molar-refractivity contribution in [2.75, 3.05) is 0 Å². The topological polar surface area (TPSA) is 13.1 Å². The van der Waals surface area contributed by atoms with Gasteiger partial charge in [0.2, 0.25) is 5.69 Å². The van der Waals surface area contributed by atoms with E-state index in [0.717, 1.165) is 17.9 Å². The molecule has 0 bridgehead atoms. The Morgan fingerprint density at radius 1 is 0.872 bits per heavy atom. The smallest absolute Gasteiger partial charge is 0.228 e. The van der Waals surface area contributed by atoms with Crippen LogP contribution in [0.25, 0.3) is 43.6 Å². The zero-order valence-corrected chi connectivity index (χ0v) is 26.3. The molecule has 0 atom stereocenters. The van der Waals surface area contributed by atoms with Crippen molar-refractivity contribution in [2.24, 2.45) is 12.5 Å². The van der Waals surface area contributed by atoms with E-state index in [2.05, 4.69) is 128 Å². The fourth-order valence-corrected chi connectivity index (χ4v) is 8.21. The molecule has 1 aromatic heterocycles. The van der Waals surface area contributed by atoms with Gasteiger partial charge in [0.25, 0.3) is 0 Å². The standard InChI is InChI=1S/C36H42NOSi/c1-21(2)23-14-15-25-27(18-23)22(3)32-34-33-26(16-17-37(34)7)24-12-11-13-31(39(8,9)10)28(24)19-30(33)38-35(32)29(25)20-36(4,5)6/h11-19,21H,20H2,1-10H3/q+1. The Morgan fingerprint density at radius 2 is 1.62 bits per heavy atom. The lowest BCUT2D eigenvalue weighted by Gasteiger charge is -2.29. The first-order valence-corrected chi connectivity index (χ1v) is 17.9. The Morgan fingerprint density at radius 3 is 2.28 bits per heavy atom. The van der Waals surface area contributed by atoms with Crippen LogP contribution >= 0.6 is 0 Å². The van der Waals surface area contributed by atoms with Crippen molar-refractivity contribution >= 4 is 45.6 Å². The molecule has 0 radical (unpaired) electrons. The van der Waals surface area contributed by atoms with Gasteiger partial charge in [-0.15, -0.1) is 0 Å². The average molecular weight is 533 g/mol. The third-order valence-corrected chi connectivity index (χ3v) is 10.6. The van der Waals surface area contributed by atoms with Crippen LogP contribution in [0.15, 0.2) is 54.7 Å². The van der Waals surface area contributed by atoms with Gasteiger partial charge in [-0.3, -0.25) is 0 Å². The summed E-state index contributed by atoms with van der Waals surface area (Å²) in [5, 5.41) is 9.37. The van der Waals surface area contributed by atoms with Gasteiger partial charge in [-0.25, -0.2) is 4.57 Å². The molecule has 1 aliphatic rings. The van der Waals surface area contributed by atoms with E-state index >= 15 is 0 Å². The second-order valence-corrected chi connectivity index (χ2v) is 19.2. The van der Waals surface area contributed by atoms with E-state index in [1.54, 1.807) is 0 Å². The van der Waals surface area contributed by atoms with Crippen LogP contribution in [0.1, 0.15) is 57.2 Å². The van der Waals surface area contributed by atoms with Gasteiger partial charge in [0.05, 0.1) is 19.0 Å². The van der Waals surface area contributed by atoms with Crippen LogP contribution in [0.3, 0.4) is 0 Å². The molecular weight excluding hydrogens is 490 g/mol. The minimum atomic E-state index is -1.56. The second-order valence-electron chi connectivity index (χ2n) is 14.2. The molecule has 0 N–H and O–H groups in total. The molecule has 4 aromatic carbocycles. The zero-order chi connectivity index (χ0) is 28.0. The minimum absolute atomic E-state index is 0.124. The number of benzene rings is 4. The van der Waals surface area contributed by atoms with Gasteiger partial charge in [-0.2, -0.15) is 0 Å². The number of pyridine rings is 1. The Kier molecular flexibility index (Phi) is 5.79. The second kappa shape index (κ2) is 8.66. The molecule has 1 aliphatic heterocycles. The molecule has 0 amide bonds. The molecule has 0 saturated heterocycles. The third kappa shape index (κ3) is 4.09. The van der Waals surface area contributed by atoms with Crippen molar-refractivity contribution in [3.8, 4) is 22.8 Å². The van der Waals surface area contributed by atoms with Crippen molar-refractivity contribution < 1.29 is 9.30 Å². The van der Waals surface area contributed by atoms with Crippen molar-refractivity contribution in [3.05, 3.63) is 71.4 Å². The number of hydrogen-bond acceptors (Lipinski definition) is 1. The summed E-state index contributed by atoms with van der Waals surface area (Å²) in [6, 6.07) is 18.6. The minimum Gasteiger partial charge on any atom is -0.455 e. The lowest BCUT2D eigenvalue weighted by atomic mass is 9.81. The summed E-state index contributed by atoms with van der Waals surface area (Å²) in [6.45, 7) is 21.2. The molecular formula is C36H42NOSi+. The van der Waals surface area contributed by atoms with E-state index in [4.69, 9.17) is 4.74 Å².